The Morgan fingerprint density at radius 2 is 1.64 bits per heavy atom. The molecule has 1 atom stereocenters. The second kappa shape index (κ2) is 10.2. The first-order valence-electron chi connectivity index (χ1n) is 13.0. The van der Waals surface area contributed by atoms with Gasteiger partial charge >= 0.3 is 0 Å². The van der Waals surface area contributed by atoms with Crippen LogP contribution in [0.3, 0.4) is 0 Å². The van der Waals surface area contributed by atoms with Crippen LogP contribution in [0.5, 0.6) is 0 Å². The van der Waals surface area contributed by atoms with Crippen molar-refractivity contribution in [3.8, 4) is 5.69 Å². The third-order valence-corrected chi connectivity index (χ3v) is 7.44. The molecule has 4 heterocycles. The van der Waals surface area contributed by atoms with E-state index in [-0.39, 0.29) is 12.6 Å². The van der Waals surface area contributed by atoms with Crippen molar-refractivity contribution in [3.63, 3.8) is 0 Å². The number of rotatable bonds is 7. The number of hydrogen-bond acceptors (Lipinski definition) is 7. The van der Waals surface area contributed by atoms with Gasteiger partial charge in [0.15, 0.2) is 17.0 Å². The minimum absolute atomic E-state index is 0.0598. The highest BCUT2D eigenvalue weighted by Crippen LogP contribution is 2.30. The zero-order valence-corrected chi connectivity index (χ0v) is 20.5. The molecule has 186 valence electrons. The van der Waals surface area contributed by atoms with Crippen LogP contribution in [0.2, 0.25) is 0 Å². The number of imidazole rings is 1. The molecule has 6 rings (SSSR count). The Bertz CT molecular complexity index is 1290. The van der Waals surface area contributed by atoms with Crippen LogP contribution in [0.1, 0.15) is 31.2 Å². The van der Waals surface area contributed by atoms with Crippen LogP contribution in [0.15, 0.2) is 67.0 Å². The molecule has 2 aliphatic rings. The number of nitrogens with one attached hydrogen (secondary N) is 1. The minimum atomic E-state index is 0.0598. The molecule has 8 heteroatoms. The topological polar surface area (TPSA) is 82.3 Å². The lowest BCUT2D eigenvalue weighted by Crippen LogP contribution is -2.39. The number of nitrogens with zero attached hydrogens (tertiary/aromatic N) is 6. The normalized spacial score (nSPS) is 19.2. The summed E-state index contributed by atoms with van der Waals surface area (Å²) in [7, 11) is 0. The van der Waals surface area contributed by atoms with Crippen LogP contribution in [0, 0.1) is 0 Å². The Morgan fingerprint density at radius 1 is 0.889 bits per heavy atom. The summed E-state index contributed by atoms with van der Waals surface area (Å²) in [5.41, 5.74) is 3.96. The number of aliphatic hydroxyl groups excluding tert-OH is 1. The van der Waals surface area contributed by atoms with Gasteiger partial charge in [-0.2, -0.15) is 9.97 Å². The Balaban J connectivity index is 1.27. The largest absolute Gasteiger partial charge is 0.394 e. The van der Waals surface area contributed by atoms with Gasteiger partial charge in [-0.3, -0.25) is 9.47 Å². The summed E-state index contributed by atoms with van der Waals surface area (Å²) in [6.07, 6.45) is 5.93. The average molecular weight is 484 g/mol. The molecule has 0 saturated carbocycles. The molecule has 0 amide bonds. The van der Waals surface area contributed by atoms with Gasteiger partial charge in [-0.25, -0.2) is 4.98 Å². The maximum atomic E-state index is 9.93. The Hall–Kier alpha value is -3.49. The Kier molecular flexibility index (Phi) is 6.53. The fourth-order valence-corrected chi connectivity index (χ4v) is 5.45. The monoisotopic (exact) mass is 483 g/mol. The third kappa shape index (κ3) is 4.66. The van der Waals surface area contributed by atoms with Crippen LogP contribution in [0.25, 0.3) is 16.9 Å². The van der Waals surface area contributed by atoms with Gasteiger partial charge in [0, 0.05) is 37.9 Å². The molecule has 2 aromatic heterocycles. The number of aliphatic hydroxyl groups is 1. The number of fused-ring (bicyclic) bond motifs is 1. The zero-order chi connectivity index (χ0) is 24.3. The van der Waals surface area contributed by atoms with Crippen molar-refractivity contribution in [2.45, 2.75) is 44.3 Å². The highest BCUT2D eigenvalue weighted by Gasteiger charge is 2.29. The van der Waals surface area contributed by atoms with E-state index < -0.39 is 0 Å². The molecule has 0 aliphatic carbocycles. The number of para-hydroxylation sites is 1. The highest BCUT2D eigenvalue weighted by molar-refractivity contribution is 5.85. The van der Waals surface area contributed by atoms with E-state index in [1.165, 1.54) is 5.56 Å². The van der Waals surface area contributed by atoms with E-state index in [0.29, 0.717) is 12.0 Å². The Labute approximate surface area is 211 Å². The van der Waals surface area contributed by atoms with Gasteiger partial charge in [-0.15, -0.1) is 0 Å². The van der Waals surface area contributed by atoms with E-state index in [1.54, 1.807) is 0 Å². The molecule has 0 radical (unpaired) electrons. The van der Waals surface area contributed by atoms with E-state index in [9.17, 15) is 5.11 Å². The summed E-state index contributed by atoms with van der Waals surface area (Å²) in [6, 6.07) is 21.3. The lowest BCUT2D eigenvalue weighted by atomic mass is 10.0. The van der Waals surface area contributed by atoms with Gasteiger partial charge in [-0.1, -0.05) is 48.5 Å². The molecular formula is C28H33N7O. The van der Waals surface area contributed by atoms with Crippen LogP contribution < -0.4 is 10.2 Å². The molecule has 2 fully saturated rings. The van der Waals surface area contributed by atoms with E-state index >= 15 is 0 Å². The third-order valence-electron chi connectivity index (χ3n) is 7.44. The van der Waals surface area contributed by atoms with Gasteiger partial charge in [0.2, 0.25) is 5.95 Å². The van der Waals surface area contributed by atoms with Crippen molar-refractivity contribution in [1.82, 2.24) is 24.4 Å². The van der Waals surface area contributed by atoms with Gasteiger partial charge in [0.25, 0.3) is 0 Å². The number of hydrogen-bond donors (Lipinski definition) is 2. The molecule has 2 saturated heterocycles. The summed E-state index contributed by atoms with van der Waals surface area (Å²) in [5, 5.41) is 13.7. The van der Waals surface area contributed by atoms with Crippen LogP contribution in [0.4, 0.5) is 11.8 Å². The molecule has 2 aliphatic heterocycles. The number of piperidine rings is 1. The van der Waals surface area contributed by atoms with E-state index in [4.69, 9.17) is 15.0 Å². The van der Waals surface area contributed by atoms with Gasteiger partial charge < -0.3 is 15.3 Å². The molecule has 2 N–H and O–H groups in total. The lowest BCUT2D eigenvalue weighted by Gasteiger charge is -2.33. The zero-order valence-electron chi connectivity index (χ0n) is 20.5. The summed E-state index contributed by atoms with van der Waals surface area (Å²) in [5.74, 6) is 1.45. The summed E-state index contributed by atoms with van der Waals surface area (Å²) in [6.45, 7) is 4.06. The summed E-state index contributed by atoms with van der Waals surface area (Å²) < 4.78 is 2.03. The SMILES string of the molecule is OCC1CCCN1c1nc(NC2CCN(Cc3ccccc3)CC2)c2ncn(-c3ccccc3)c2n1. The maximum Gasteiger partial charge on any atom is 0.229 e. The van der Waals surface area contributed by atoms with Crippen LogP contribution >= 0.6 is 0 Å². The minimum Gasteiger partial charge on any atom is -0.394 e. The van der Waals surface area contributed by atoms with E-state index in [0.717, 1.165) is 74.5 Å². The average Bonchev–Trinajstić information content (AvgIpc) is 3.58. The molecule has 0 bridgehead atoms. The van der Waals surface area contributed by atoms with Crippen molar-refractivity contribution in [2.75, 3.05) is 36.5 Å². The second-order valence-corrected chi connectivity index (χ2v) is 9.85. The highest BCUT2D eigenvalue weighted by atomic mass is 16.3. The van der Waals surface area contributed by atoms with Crippen molar-refractivity contribution in [1.29, 1.82) is 0 Å². The van der Waals surface area contributed by atoms with Crippen molar-refractivity contribution < 1.29 is 5.11 Å². The molecule has 36 heavy (non-hydrogen) atoms. The van der Waals surface area contributed by atoms with Crippen molar-refractivity contribution >= 4 is 22.9 Å². The van der Waals surface area contributed by atoms with E-state index in [1.807, 2.05) is 29.1 Å². The number of aromatic nitrogens is 4. The predicted octanol–water partition coefficient (Wildman–Crippen LogP) is 3.85. The smallest absolute Gasteiger partial charge is 0.229 e. The van der Waals surface area contributed by atoms with Crippen molar-refractivity contribution in [2.24, 2.45) is 0 Å². The first kappa shape index (κ1) is 22.9. The van der Waals surface area contributed by atoms with Crippen molar-refractivity contribution in [3.05, 3.63) is 72.6 Å². The number of likely N-dealkylation sites (tertiary alicyclic amines) is 1. The first-order chi connectivity index (χ1) is 17.8. The summed E-state index contributed by atoms with van der Waals surface area (Å²) in [4.78, 5) is 19.3. The van der Waals surface area contributed by atoms with E-state index in [2.05, 4.69) is 57.6 Å². The fourth-order valence-electron chi connectivity index (χ4n) is 5.45. The number of benzene rings is 2. The molecule has 2 aromatic carbocycles. The molecule has 1 unspecified atom stereocenters. The quantitative estimate of drug-likeness (QED) is 0.413. The molecule has 0 spiro atoms. The fraction of sp³-hybridized carbons (Fsp3) is 0.393. The standard InChI is InChI=1S/C28H33N7O/c36-19-24-12-7-15-34(24)28-31-26(25-27(32-28)35(20-29-25)23-10-5-2-6-11-23)30-22-13-16-33(17-14-22)18-21-8-3-1-4-9-21/h1-6,8-11,20,22,24,36H,7,12-19H2,(H,30,31,32). The summed E-state index contributed by atoms with van der Waals surface area (Å²) >= 11 is 0. The van der Waals surface area contributed by atoms with Gasteiger partial charge in [0.05, 0.1) is 12.6 Å². The molecule has 4 aromatic rings. The molecule has 8 nitrogen and oxygen atoms in total. The second-order valence-electron chi connectivity index (χ2n) is 9.85. The Morgan fingerprint density at radius 3 is 2.39 bits per heavy atom. The maximum absolute atomic E-state index is 9.93. The molecular weight excluding hydrogens is 450 g/mol. The van der Waals surface area contributed by atoms with Crippen LogP contribution in [-0.2, 0) is 6.54 Å². The number of anilines is 2. The first-order valence-corrected chi connectivity index (χ1v) is 13.0. The van der Waals surface area contributed by atoms with Crippen LogP contribution in [-0.4, -0.2) is 67.9 Å². The van der Waals surface area contributed by atoms with Gasteiger partial charge in [0.1, 0.15) is 6.33 Å². The van der Waals surface area contributed by atoms with Gasteiger partial charge in [-0.05, 0) is 43.4 Å². The lowest BCUT2D eigenvalue weighted by molar-refractivity contribution is 0.211. The predicted molar refractivity (Wildman–Crippen MR) is 142 cm³/mol.